The van der Waals surface area contributed by atoms with Crippen LogP contribution in [0.25, 0.3) is 0 Å². The minimum Gasteiger partial charge on any atom is -0.497 e. The van der Waals surface area contributed by atoms with Crippen LogP contribution < -0.4 is 9.47 Å². The molecule has 4 nitrogen and oxygen atoms in total. The van der Waals surface area contributed by atoms with Gasteiger partial charge in [-0.1, -0.05) is 0 Å². The van der Waals surface area contributed by atoms with Gasteiger partial charge in [-0.25, -0.2) is 0 Å². The Bertz CT molecular complexity index is 307. The molecule has 0 spiro atoms. The summed E-state index contributed by atoms with van der Waals surface area (Å²) >= 11 is 0. The van der Waals surface area contributed by atoms with Crippen molar-refractivity contribution in [3.05, 3.63) is 23.8 Å². The summed E-state index contributed by atoms with van der Waals surface area (Å²) in [6.07, 6.45) is 0. The highest BCUT2D eigenvalue weighted by atomic mass is 16.5. The minimum atomic E-state index is -0.338. The van der Waals surface area contributed by atoms with Gasteiger partial charge < -0.3 is 19.7 Å². The lowest BCUT2D eigenvalue weighted by molar-refractivity contribution is 0.190. The Balaban J connectivity index is 3.09. The van der Waals surface area contributed by atoms with E-state index in [1.807, 2.05) is 0 Å². The summed E-state index contributed by atoms with van der Waals surface area (Å²) in [7, 11) is 3.12. The van der Waals surface area contributed by atoms with Crippen LogP contribution in [-0.2, 0) is 0 Å². The van der Waals surface area contributed by atoms with Crippen molar-refractivity contribution in [3.8, 4) is 11.5 Å². The number of methoxy groups -OCH3 is 2. The van der Waals surface area contributed by atoms with E-state index < -0.39 is 0 Å². The summed E-state index contributed by atoms with van der Waals surface area (Å²) in [5.41, 5.74) is 0.752. The van der Waals surface area contributed by atoms with Gasteiger partial charge in [-0.2, -0.15) is 0 Å². The predicted molar refractivity (Wildman–Crippen MR) is 56.5 cm³/mol. The van der Waals surface area contributed by atoms with Gasteiger partial charge in [0.25, 0.3) is 0 Å². The summed E-state index contributed by atoms with van der Waals surface area (Å²) in [6, 6.07) is 5.29. The van der Waals surface area contributed by atoms with Gasteiger partial charge in [0.05, 0.1) is 27.4 Å². The highest BCUT2D eigenvalue weighted by Gasteiger charge is 2.15. The first-order chi connectivity index (χ1) is 7.26. The Kier molecular flexibility index (Phi) is 4.39. The van der Waals surface area contributed by atoms with Crippen LogP contribution in [0.2, 0.25) is 0 Å². The second kappa shape index (κ2) is 5.58. The molecular formula is C11H16O4. The van der Waals surface area contributed by atoms with Gasteiger partial charge in [-0.05, 0) is 18.2 Å². The van der Waals surface area contributed by atoms with Gasteiger partial charge in [0.2, 0.25) is 0 Å². The lowest BCUT2D eigenvalue weighted by Crippen LogP contribution is -2.10. The van der Waals surface area contributed by atoms with Crippen LogP contribution in [0, 0.1) is 0 Å². The van der Waals surface area contributed by atoms with E-state index in [4.69, 9.17) is 19.7 Å². The summed E-state index contributed by atoms with van der Waals surface area (Å²) in [6.45, 7) is -0.250. The van der Waals surface area contributed by atoms with Crippen LogP contribution >= 0.6 is 0 Å². The molecule has 0 heterocycles. The van der Waals surface area contributed by atoms with Crippen LogP contribution in [0.1, 0.15) is 11.5 Å². The fourth-order valence-corrected chi connectivity index (χ4v) is 1.41. The number of ether oxygens (including phenoxy) is 2. The smallest absolute Gasteiger partial charge is 0.122 e. The number of hydrogen-bond donors (Lipinski definition) is 2. The van der Waals surface area contributed by atoms with E-state index in [0.29, 0.717) is 11.5 Å². The molecule has 0 saturated heterocycles. The number of aliphatic hydroxyl groups excluding tert-OH is 2. The molecule has 2 N–H and O–H groups in total. The molecule has 1 aromatic carbocycles. The number of rotatable bonds is 5. The van der Waals surface area contributed by atoms with Crippen LogP contribution in [0.4, 0.5) is 0 Å². The van der Waals surface area contributed by atoms with Crippen molar-refractivity contribution in [1.29, 1.82) is 0 Å². The molecular weight excluding hydrogens is 196 g/mol. The van der Waals surface area contributed by atoms with E-state index >= 15 is 0 Å². The van der Waals surface area contributed by atoms with Crippen molar-refractivity contribution in [3.63, 3.8) is 0 Å². The van der Waals surface area contributed by atoms with Gasteiger partial charge in [0.15, 0.2) is 0 Å². The number of aliphatic hydroxyl groups is 2. The van der Waals surface area contributed by atoms with Gasteiger partial charge in [0, 0.05) is 11.5 Å². The number of hydrogen-bond acceptors (Lipinski definition) is 4. The normalized spacial score (nSPS) is 10.5. The molecule has 1 rings (SSSR count). The van der Waals surface area contributed by atoms with Crippen molar-refractivity contribution in [1.82, 2.24) is 0 Å². The molecule has 84 valence electrons. The molecule has 4 heteroatoms. The maximum Gasteiger partial charge on any atom is 0.122 e. The fourth-order valence-electron chi connectivity index (χ4n) is 1.41. The van der Waals surface area contributed by atoms with E-state index in [-0.39, 0.29) is 19.1 Å². The molecule has 0 aliphatic carbocycles. The van der Waals surface area contributed by atoms with Gasteiger partial charge in [-0.3, -0.25) is 0 Å². The fraction of sp³-hybridized carbons (Fsp3) is 0.455. The number of benzene rings is 1. The third-order valence-corrected chi connectivity index (χ3v) is 2.32. The Hall–Kier alpha value is -1.26. The van der Waals surface area contributed by atoms with Crippen molar-refractivity contribution in [2.45, 2.75) is 5.92 Å². The van der Waals surface area contributed by atoms with Gasteiger partial charge >= 0.3 is 0 Å². The topological polar surface area (TPSA) is 58.9 Å². The highest BCUT2D eigenvalue weighted by Crippen LogP contribution is 2.30. The lowest BCUT2D eigenvalue weighted by atomic mass is 9.99. The predicted octanol–water partition coefficient (Wildman–Crippen LogP) is 0.772. The Labute approximate surface area is 89.1 Å². The molecule has 0 atom stereocenters. The molecule has 0 radical (unpaired) electrons. The summed E-state index contributed by atoms with van der Waals surface area (Å²) in [5.74, 6) is 0.983. The zero-order valence-corrected chi connectivity index (χ0v) is 8.93. The Morgan fingerprint density at radius 2 is 1.80 bits per heavy atom. The second-order valence-electron chi connectivity index (χ2n) is 3.17. The van der Waals surface area contributed by atoms with Crippen LogP contribution in [-0.4, -0.2) is 37.6 Å². The van der Waals surface area contributed by atoms with Crippen molar-refractivity contribution < 1.29 is 19.7 Å². The SMILES string of the molecule is COc1ccc(OC)c(C(CO)CO)c1. The molecule has 0 fully saturated rings. The molecule has 0 aliphatic heterocycles. The van der Waals surface area contributed by atoms with E-state index in [1.54, 1.807) is 32.4 Å². The Morgan fingerprint density at radius 1 is 1.13 bits per heavy atom. The molecule has 0 aromatic heterocycles. The molecule has 0 unspecified atom stereocenters. The van der Waals surface area contributed by atoms with Crippen molar-refractivity contribution in [2.24, 2.45) is 0 Å². The van der Waals surface area contributed by atoms with Crippen LogP contribution in [0.3, 0.4) is 0 Å². The molecule has 0 aliphatic rings. The van der Waals surface area contributed by atoms with Crippen molar-refractivity contribution >= 4 is 0 Å². The summed E-state index contributed by atoms with van der Waals surface area (Å²) in [4.78, 5) is 0. The van der Waals surface area contributed by atoms with Crippen molar-refractivity contribution in [2.75, 3.05) is 27.4 Å². The Morgan fingerprint density at radius 3 is 2.27 bits per heavy atom. The van der Waals surface area contributed by atoms with Gasteiger partial charge in [0.1, 0.15) is 11.5 Å². The molecule has 15 heavy (non-hydrogen) atoms. The third kappa shape index (κ3) is 2.61. The average molecular weight is 212 g/mol. The first-order valence-corrected chi connectivity index (χ1v) is 4.70. The monoisotopic (exact) mass is 212 g/mol. The van der Waals surface area contributed by atoms with E-state index in [1.165, 1.54) is 0 Å². The van der Waals surface area contributed by atoms with Crippen LogP contribution in [0.5, 0.6) is 11.5 Å². The first-order valence-electron chi connectivity index (χ1n) is 4.70. The third-order valence-electron chi connectivity index (χ3n) is 2.32. The largest absolute Gasteiger partial charge is 0.497 e. The average Bonchev–Trinajstić information content (AvgIpc) is 2.30. The van der Waals surface area contributed by atoms with E-state index in [2.05, 4.69) is 0 Å². The standard InChI is InChI=1S/C11H16O4/c1-14-9-3-4-11(15-2)10(5-9)8(6-12)7-13/h3-5,8,12-13H,6-7H2,1-2H3. The lowest BCUT2D eigenvalue weighted by Gasteiger charge is -2.16. The zero-order chi connectivity index (χ0) is 11.3. The van der Waals surface area contributed by atoms with Gasteiger partial charge in [-0.15, -0.1) is 0 Å². The van der Waals surface area contributed by atoms with E-state index in [9.17, 15) is 0 Å². The van der Waals surface area contributed by atoms with Crippen LogP contribution in [0.15, 0.2) is 18.2 Å². The zero-order valence-electron chi connectivity index (χ0n) is 8.93. The maximum atomic E-state index is 9.11. The quantitative estimate of drug-likeness (QED) is 0.757. The minimum absolute atomic E-state index is 0.125. The molecule has 0 amide bonds. The first kappa shape index (κ1) is 11.8. The highest BCUT2D eigenvalue weighted by molar-refractivity contribution is 5.42. The summed E-state index contributed by atoms with van der Waals surface area (Å²) < 4.78 is 10.2. The molecule has 0 bridgehead atoms. The van der Waals surface area contributed by atoms with E-state index in [0.717, 1.165) is 5.56 Å². The molecule has 0 saturated carbocycles. The molecule has 1 aromatic rings. The second-order valence-corrected chi connectivity index (χ2v) is 3.17. The summed E-state index contributed by atoms with van der Waals surface area (Å²) in [5, 5.41) is 18.2. The maximum absolute atomic E-state index is 9.11.